The molecule has 1 aromatic carbocycles. The zero-order valence-corrected chi connectivity index (χ0v) is 6.38. The fourth-order valence-electron chi connectivity index (χ4n) is 0.608. The first-order valence-corrected chi connectivity index (χ1v) is 3.29. The van der Waals surface area contributed by atoms with Crippen molar-refractivity contribution in [3.05, 3.63) is 30.3 Å². The largest absolute Gasteiger partial charge is 0.450 e. The zero-order valence-electron chi connectivity index (χ0n) is 5.56. The molecule has 0 aliphatic rings. The molecule has 0 saturated heterocycles. The molecular weight excluding hydrogens is 162 g/mol. The lowest BCUT2D eigenvalue weighted by Crippen LogP contribution is -1.99. The average molecular weight is 167 g/mol. The van der Waals surface area contributed by atoms with Crippen molar-refractivity contribution < 1.29 is 9.53 Å². The molecule has 0 unspecified atom stereocenters. The molecule has 4 heteroatoms. The first-order chi connectivity index (χ1) is 5.33. The number of amides is 1. The molecule has 1 aromatic rings. The first-order valence-electron chi connectivity index (χ1n) is 2.93. The van der Waals surface area contributed by atoms with Crippen LogP contribution < -0.4 is 4.74 Å². The third-order valence-electron chi connectivity index (χ3n) is 1.02. The van der Waals surface area contributed by atoms with E-state index in [2.05, 4.69) is 21.5 Å². The minimum absolute atomic E-state index is 0.450. The predicted octanol–water partition coefficient (Wildman–Crippen LogP) is 1.92. The van der Waals surface area contributed by atoms with E-state index < -0.39 is 6.09 Å². The summed E-state index contributed by atoms with van der Waals surface area (Å²) in [5.41, 5.74) is 0. The van der Waals surface area contributed by atoms with E-state index in [0.29, 0.717) is 5.75 Å². The van der Waals surface area contributed by atoms with Gasteiger partial charge in [0.05, 0.1) is 0 Å². The Labute approximate surface area is 69.2 Å². The van der Waals surface area contributed by atoms with Crippen molar-refractivity contribution in [1.82, 2.24) is 0 Å². The van der Waals surface area contributed by atoms with Gasteiger partial charge in [0, 0.05) is 12.4 Å². The van der Waals surface area contributed by atoms with Crippen molar-refractivity contribution in [2.75, 3.05) is 0 Å². The van der Waals surface area contributed by atoms with E-state index in [1.807, 2.05) is 6.07 Å². The highest BCUT2D eigenvalue weighted by molar-refractivity contribution is 7.47. The molecule has 0 atom stereocenters. The van der Waals surface area contributed by atoms with Gasteiger partial charge in [-0.25, -0.2) is 4.79 Å². The third kappa shape index (κ3) is 2.43. The Bertz CT molecular complexity index is 260. The third-order valence-corrected chi connectivity index (χ3v) is 1.17. The van der Waals surface area contributed by atoms with Crippen LogP contribution in [0.1, 0.15) is 0 Å². The van der Waals surface area contributed by atoms with Gasteiger partial charge in [-0.2, -0.15) is 0 Å². The number of rotatable bonds is 1. The summed E-state index contributed by atoms with van der Waals surface area (Å²) in [6.45, 7) is 0. The summed E-state index contributed by atoms with van der Waals surface area (Å²) in [6.07, 6.45) is -0.758. The molecule has 1 amide bonds. The second-order valence-corrected chi connectivity index (χ2v) is 1.95. The van der Waals surface area contributed by atoms with Crippen LogP contribution in [0.5, 0.6) is 5.75 Å². The van der Waals surface area contributed by atoms with E-state index in [9.17, 15) is 4.79 Å². The van der Waals surface area contributed by atoms with Crippen molar-refractivity contribution in [2.24, 2.45) is 4.36 Å². The van der Waals surface area contributed by atoms with Crippen LogP contribution in [-0.2, 0) is 12.4 Å². The quantitative estimate of drug-likeness (QED) is 0.641. The summed E-state index contributed by atoms with van der Waals surface area (Å²) in [4.78, 5) is 10.5. The molecule has 0 radical (unpaired) electrons. The van der Waals surface area contributed by atoms with E-state index in [-0.39, 0.29) is 0 Å². The standard InChI is InChI=1S/C7H5NO2S/c9-7(8-11)10-6-4-2-1-3-5-6/h1-5H. The fourth-order valence-corrected chi connectivity index (χ4v) is 0.645. The lowest BCUT2D eigenvalue weighted by atomic mass is 10.3. The number of hydrogen-bond donors (Lipinski definition) is 0. The predicted molar refractivity (Wildman–Crippen MR) is 42.3 cm³/mol. The SMILES string of the molecule is O=C(N=S)Oc1ccccc1. The minimum Gasteiger partial charge on any atom is -0.408 e. The van der Waals surface area contributed by atoms with Crippen molar-refractivity contribution in [3.63, 3.8) is 0 Å². The Morgan fingerprint density at radius 3 is 2.55 bits per heavy atom. The summed E-state index contributed by atoms with van der Waals surface area (Å²) in [5, 5.41) is 0. The summed E-state index contributed by atoms with van der Waals surface area (Å²) >= 11 is 4.12. The lowest BCUT2D eigenvalue weighted by Gasteiger charge is -1.96. The zero-order chi connectivity index (χ0) is 8.10. The van der Waals surface area contributed by atoms with Crippen molar-refractivity contribution in [3.8, 4) is 5.75 Å². The lowest BCUT2D eigenvalue weighted by molar-refractivity contribution is 0.212. The Morgan fingerprint density at radius 1 is 1.36 bits per heavy atom. The maximum absolute atomic E-state index is 10.5. The fraction of sp³-hybridized carbons (Fsp3) is 0. The van der Waals surface area contributed by atoms with Gasteiger partial charge in [0.1, 0.15) is 5.75 Å². The Morgan fingerprint density at radius 2 is 2.00 bits per heavy atom. The van der Waals surface area contributed by atoms with E-state index in [1.54, 1.807) is 24.3 Å². The highest BCUT2D eigenvalue weighted by Gasteiger charge is 1.98. The van der Waals surface area contributed by atoms with Gasteiger partial charge in [0.25, 0.3) is 0 Å². The van der Waals surface area contributed by atoms with Crippen molar-refractivity contribution in [2.45, 2.75) is 0 Å². The topological polar surface area (TPSA) is 38.7 Å². The highest BCUT2D eigenvalue weighted by atomic mass is 32.1. The van der Waals surface area contributed by atoms with E-state index >= 15 is 0 Å². The van der Waals surface area contributed by atoms with Gasteiger partial charge in [0.2, 0.25) is 0 Å². The van der Waals surface area contributed by atoms with Crippen LogP contribution >= 0.6 is 0 Å². The van der Waals surface area contributed by atoms with Crippen LogP contribution in [-0.4, -0.2) is 6.09 Å². The van der Waals surface area contributed by atoms with Gasteiger partial charge in [-0.15, -0.1) is 4.36 Å². The molecule has 3 nitrogen and oxygen atoms in total. The highest BCUT2D eigenvalue weighted by Crippen LogP contribution is 2.08. The maximum atomic E-state index is 10.5. The molecule has 0 aliphatic carbocycles. The monoisotopic (exact) mass is 167 g/mol. The van der Waals surface area contributed by atoms with E-state index in [0.717, 1.165) is 0 Å². The number of benzene rings is 1. The van der Waals surface area contributed by atoms with Crippen LogP contribution in [0.3, 0.4) is 0 Å². The first kappa shape index (κ1) is 7.81. The molecule has 0 saturated carbocycles. The van der Waals surface area contributed by atoms with Gasteiger partial charge in [-0.1, -0.05) is 18.2 Å². The molecule has 11 heavy (non-hydrogen) atoms. The van der Waals surface area contributed by atoms with Crippen LogP contribution in [0.15, 0.2) is 34.7 Å². The smallest absolute Gasteiger partial charge is 0.408 e. The van der Waals surface area contributed by atoms with E-state index in [1.165, 1.54) is 0 Å². The van der Waals surface area contributed by atoms with Gasteiger partial charge < -0.3 is 4.74 Å². The molecule has 0 N–H and O–H groups in total. The number of carbonyl (C=O) groups excluding carboxylic acids is 1. The Hall–Kier alpha value is -1.29. The molecule has 0 aliphatic heterocycles. The maximum Gasteiger partial charge on any atom is 0.450 e. The second kappa shape index (κ2) is 3.78. The molecule has 0 spiro atoms. The van der Waals surface area contributed by atoms with E-state index in [4.69, 9.17) is 0 Å². The summed E-state index contributed by atoms with van der Waals surface area (Å²) in [7, 11) is 0. The molecule has 1 rings (SSSR count). The average Bonchev–Trinajstić information content (AvgIpc) is 2.06. The molecule has 0 aromatic heterocycles. The van der Waals surface area contributed by atoms with Crippen LogP contribution in [0.25, 0.3) is 0 Å². The molecule has 0 heterocycles. The Kier molecular flexibility index (Phi) is 2.68. The van der Waals surface area contributed by atoms with Crippen molar-refractivity contribution in [1.29, 1.82) is 0 Å². The molecule has 0 fully saturated rings. The summed E-state index contributed by atoms with van der Waals surface area (Å²) < 4.78 is 7.56. The normalized spacial score (nSPS) is 8.73. The number of nitrogens with zero attached hydrogens (tertiary/aromatic N) is 1. The molecular formula is C7H5NO2S. The van der Waals surface area contributed by atoms with Crippen LogP contribution in [0, 0.1) is 0 Å². The number of ether oxygens (including phenoxy) is 1. The minimum atomic E-state index is -0.758. The number of hydrogen-bond acceptors (Lipinski definition) is 3. The van der Waals surface area contributed by atoms with Gasteiger partial charge in [-0.05, 0) is 12.1 Å². The van der Waals surface area contributed by atoms with Crippen LogP contribution in [0.4, 0.5) is 4.79 Å². The summed E-state index contributed by atoms with van der Waals surface area (Å²) in [5.74, 6) is 0.450. The van der Waals surface area contributed by atoms with Crippen LogP contribution in [0.2, 0.25) is 0 Å². The molecule has 56 valence electrons. The van der Waals surface area contributed by atoms with Crippen molar-refractivity contribution >= 4 is 18.5 Å². The van der Waals surface area contributed by atoms with Gasteiger partial charge in [-0.3, -0.25) is 0 Å². The number of para-hydroxylation sites is 1. The molecule has 0 bridgehead atoms. The van der Waals surface area contributed by atoms with Gasteiger partial charge >= 0.3 is 6.09 Å². The number of carbonyl (C=O) groups is 1. The summed E-state index contributed by atoms with van der Waals surface area (Å²) in [6, 6.07) is 8.64. The second-order valence-electron chi connectivity index (χ2n) is 1.77. The van der Waals surface area contributed by atoms with Gasteiger partial charge in [0.15, 0.2) is 0 Å². The Balaban J connectivity index is 2.65.